The molecule has 0 saturated heterocycles. The van der Waals surface area contributed by atoms with Crippen molar-refractivity contribution >= 4 is 33.0 Å². The van der Waals surface area contributed by atoms with Crippen LogP contribution >= 0.6 is 22.9 Å². The molecule has 188 valence electrons. The van der Waals surface area contributed by atoms with Crippen LogP contribution in [0.2, 0.25) is 5.02 Å². The number of ether oxygens (including phenoxy) is 2. The van der Waals surface area contributed by atoms with Gasteiger partial charge in [0.1, 0.15) is 0 Å². The second-order valence-corrected chi connectivity index (χ2v) is 12.0. The topological polar surface area (TPSA) is 68.7 Å². The van der Waals surface area contributed by atoms with E-state index in [9.17, 15) is 8.42 Å². The minimum atomic E-state index is -3.69. The minimum absolute atomic E-state index is 0.0333. The summed E-state index contributed by atoms with van der Waals surface area (Å²) in [6, 6.07) is 12.0. The monoisotopic (exact) mass is 534 g/mol. The standard InChI is InChI=1S/C26H31ClN2O4S2/c1-19-26(34-18-28-19)14-15-33-24-13-8-20(16-25(24)32-2)17-29(22-6-4-3-5-7-22)35(30,31)23-11-9-21(27)10-12-23/h8-13,16,18,22H,3-7,14-15,17H2,1-2H3. The van der Waals surface area contributed by atoms with Crippen LogP contribution in [0.25, 0.3) is 0 Å². The van der Waals surface area contributed by atoms with Crippen LogP contribution < -0.4 is 9.47 Å². The van der Waals surface area contributed by atoms with E-state index in [2.05, 4.69) is 4.98 Å². The summed E-state index contributed by atoms with van der Waals surface area (Å²) in [5, 5.41) is 0.513. The Kier molecular flexibility index (Phi) is 8.70. The zero-order valence-electron chi connectivity index (χ0n) is 20.1. The maximum Gasteiger partial charge on any atom is 0.243 e. The predicted molar refractivity (Wildman–Crippen MR) is 140 cm³/mol. The van der Waals surface area contributed by atoms with E-state index >= 15 is 0 Å². The number of hydrogen-bond acceptors (Lipinski definition) is 6. The minimum Gasteiger partial charge on any atom is -0.493 e. The highest BCUT2D eigenvalue weighted by atomic mass is 35.5. The first-order chi connectivity index (χ1) is 16.9. The second-order valence-electron chi connectivity index (χ2n) is 8.74. The smallest absolute Gasteiger partial charge is 0.243 e. The van der Waals surface area contributed by atoms with Crippen molar-refractivity contribution in [3.8, 4) is 11.5 Å². The van der Waals surface area contributed by atoms with Gasteiger partial charge in [0.2, 0.25) is 10.0 Å². The van der Waals surface area contributed by atoms with E-state index < -0.39 is 10.0 Å². The molecule has 1 aliphatic rings. The average molecular weight is 535 g/mol. The molecule has 0 aliphatic heterocycles. The number of nitrogens with zero attached hydrogens (tertiary/aromatic N) is 2. The number of methoxy groups -OCH3 is 1. The molecule has 1 fully saturated rings. The molecule has 1 heterocycles. The molecule has 35 heavy (non-hydrogen) atoms. The Labute approximate surface area is 216 Å². The molecule has 6 nitrogen and oxygen atoms in total. The lowest BCUT2D eigenvalue weighted by Gasteiger charge is -2.33. The lowest BCUT2D eigenvalue weighted by atomic mass is 9.95. The molecule has 2 aromatic carbocycles. The first-order valence-corrected chi connectivity index (χ1v) is 14.5. The molecule has 0 atom stereocenters. The molecule has 1 aliphatic carbocycles. The summed E-state index contributed by atoms with van der Waals surface area (Å²) in [4.78, 5) is 5.74. The molecule has 0 radical (unpaired) electrons. The Morgan fingerprint density at radius 1 is 1.09 bits per heavy atom. The van der Waals surface area contributed by atoms with Crippen LogP contribution in [0.1, 0.15) is 48.2 Å². The second kappa shape index (κ2) is 11.7. The van der Waals surface area contributed by atoms with E-state index in [1.807, 2.05) is 30.6 Å². The van der Waals surface area contributed by atoms with Crippen LogP contribution in [0.4, 0.5) is 0 Å². The van der Waals surface area contributed by atoms with Crippen molar-refractivity contribution in [3.63, 3.8) is 0 Å². The number of hydrogen-bond donors (Lipinski definition) is 0. The predicted octanol–water partition coefficient (Wildman–Crippen LogP) is 6.26. The number of benzene rings is 2. The number of sulfonamides is 1. The van der Waals surface area contributed by atoms with Crippen LogP contribution in [-0.2, 0) is 23.0 Å². The van der Waals surface area contributed by atoms with Crippen molar-refractivity contribution in [2.75, 3.05) is 13.7 Å². The van der Waals surface area contributed by atoms with Crippen LogP contribution in [-0.4, -0.2) is 37.5 Å². The van der Waals surface area contributed by atoms with Gasteiger partial charge in [-0.15, -0.1) is 11.3 Å². The summed E-state index contributed by atoms with van der Waals surface area (Å²) < 4.78 is 40.6. The normalized spacial score (nSPS) is 14.9. The van der Waals surface area contributed by atoms with E-state index in [0.717, 1.165) is 49.8 Å². The Bertz CT molecular complexity index is 1220. The van der Waals surface area contributed by atoms with E-state index in [0.29, 0.717) is 23.1 Å². The molecule has 0 amide bonds. The van der Waals surface area contributed by atoms with Crippen molar-refractivity contribution < 1.29 is 17.9 Å². The first kappa shape index (κ1) is 25.9. The highest BCUT2D eigenvalue weighted by Crippen LogP contribution is 2.33. The lowest BCUT2D eigenvalue weighted by Crippen LogP contribution is -2.40. The third-order valence-corrected chi connectivity index (χ3v) is 9.56. The summed E-state index contributed by atoms with van der Waals surface area (Å²) >= 11 is 7.63. The van der Waals surface area contributed by atoms with Gasteiger partial charge >= 0.3 is 0 Å². The Morgan fingerprint density at radius 3 is 2.49 bits per heavy atom. The van der Waals surface area contributed by atoms with Crippen molar-refractivity contribution in [2.24, 2.45) is 0 Å². The molecule has 0 spiro atoms. The van der Waals surface area contributed by atoms with Crippen molar-refractivity contribution in [2.45, 2.75) is 62.9 Å². The third kappa shape index (κ3) is 6.36. The van der Waals surface area contributed by atoms with Crippen molar-refractivity contribution in [1.29, 1.82) is 0 Å². The number of rotatable bonds is 10. The molecule has 9 heteroatoms. The lowest BCUT2D eigenvalue weighted by molar-refractivity contribution is 0.247. The van der Waals surface area contributed by atoms with Gasteiger partial charge < -0.3 is 9.47 Å². The molecule has 1 saturated carbocycles. The number of halogens is 1. The molecular weight excluding hydrogens is 504 g/mol. The average Bonchev–Trinajstić information content (AvgIpc) is 3.28. The molecule has 3 aromatic rings. The van der Waals surface area contributed by atoms with Crippen LogP contribution in [0.5, 0.6) is 11.5 Å². The summed E-state index contributed by atoms with van der Waals surface area (Å²) in [7, 11) is -2.09. The zero-order chi connectivity index (χ0) is 24.8. The van der Waals surface area contributed by atoms with Crippen molar-refractivity contribution in [1.82, 2.24) is 9.29 Å². The number of thiazole rings is 1. The maximum absolute atomic E-state index is 13.7. The van der Waals surface area contributed by atoms with E-state index in [-0.39, 0.29) is 17.5 Å². The Morgan fingerprint density at radius 2 is 1.83 bits per heavy atom. The highest BCUT2D eigenvalue weighted by molar-refractivity contribution is 7.89. The van der Waals surface area contributed by atoms with Gasteiger partial charge in [0.05, 0.1) is 29.8 Å². The van der Waals surface area contributed by atoms with E-state index in [1.54, 1.807) is 47.0 Å². The highest BCUT2D eigenvalue weighted by Gasteiger charge is 2.32. The zero-order valence-corrected chi connectivity index (χ0v) is 22.5. The van der Waals surface area contributed by atoms with Gasteiger partial charge in [0.25, 0.3) is 0 Å². The van der Waals surface area contributed by atoms with E-state index in [1.165, 1.54) is 4.88 Å². The largest absolute Gasteiger partial charge is 0.493 e. The Balaban J connectivity index is 1.54. The fourth-order valence-electron chi connectivity index (χ4n) is 4.45. The molecule has 1 aromatic heterocycles. The third-order valence-electron chi connectivity index (χ3n) is 6.40. The van der Waals surface area contributed by atoms with Gasteiger partial charge in [0.15, 0.2) is 11.5 Å². The first-order valence-electron chi connectivity index (χ1n) is 11.8. The fourth-order valence-corrected chi connectivity index (χ4v) is 7.01. The van der Waals surface area contributed by atoms with Crippen molar-refractivity contribution in [3.05, 3.63) is 69.1 Å². The van der Waals surface area contributed by atoms with Gasteiger partial charge in [-0.05, 0) is 61.7 Å². The summed E-state index contributed by atoms with van der Waals surface area (Å²) in [6.07, 6.45) is 5.71. The van der Waals surface area contributed by atoms with E-state index in [4.69, 9.17) is 21.1 Å². The SMILES string of the molecule is COc1cc(CN(C2CCCCC2)S(=O)(=O)c2ccc(Cl)cc2)ccc1OCCc1scnc1C. The van der Waals surface area contributed by atoms with Crippen LogP contribution in [0, 0.1) is 6.92 Å². The quantitative estimate of drug-likeness (QED) is 0.307. The molecule has 0 bridgehead atoms. The van der Waals surface area contributed by atoms with Gasteiger partial charge in [-0.25, -0.2) is 13.4 Å². The van der Waals surface area contributed by atoms with Crippen LogP contribution in [0.15, 0.2) is 52.9 Å². The molecular formula is C26H31ClN2O4S2. The maximum atomic E-state index is 13.7. The van der Waals surface area contributed by atoms with Crippen LogP contribution in [0.3, 0.4) is 0 Å². The van der Waals surface area contributed by atoms with Gasteiger partial charge in [-0.2, -0.15) is 4.31 Å². The molecule has 4 rings (SSSR count). The Hall–Kier alpha value is -2.13. The summed E-state index contributed by atoms with van der Waals surface area (Å²) in [5.74, 6) is 1.24. The number of aromatic nitrogens is 1. The summed E-state index contributed by atoms with van der Waals surface area (Å²) in [5.41, 5.74) is 3.73. The summed E-state index contributed by atoms with van der Waals surface area (Å²) in [6.45, 7) is 2.78. The number of aryl methyl sites for hydroxylation is 1. The van der Waals surface area contributed by atoms with Gasteiger partial charge in [-0.3, -0.25) is 0 Å². The molecule has 0 unspecified atom stereocenters. The molecule has 0 N–H and O–H groups in total. The fraction of sp³-hybridized carbons (Fsp3) is 0.423. The van der Waals surface area contributed by atoms with Gasteiger partial charge in [0, 0.05) is 28.9 Å². The van der Waals surface area contributed by atoms with Gasteiger partial charge in [-0.1, -0.05) is 36.9 Å².